The maximum absolute atomic E-state index is 11.8. The van der Waals surface area contributed by atoms with Crippen molar-refractivity contribution in [2.24, 2.45) is 0 Å². The Labute approximate surface area is 155 Å². The molecule has 4 rings (SSSR count). The van der Waals surface area contributed by atoms with Gasteiger partial charge >= 0.3 is 0 Å². The summed E-state index contributed by atoms with van der Waals surface area (Å²) in [5.41, 5.74) is 3.87. The van der Waals surface area contributed by atoms with E-state index >= 15 is 0 Å². The highest BCUT2D eigenvalue weighted by Crippen LogP contribution is 2.32. The number of pyridine rings is 2. The number of H-pyrrole nitrogens is 1. The van der Waals surface area contributed by atoms with Gasteiger partial charge < -0.3 is 15.4 Å². The van der Waals surface area contributed by atoms with E-state index in [1.54, 1.807) is 30.6 Å². The minimum atomic E-state index is -0.177. The molecule has 0 aliphatic heterocycles. The summed E-state index contributed by atoms with van der Waals surface area (Å²) in [7, 11) is 0. The van der Waals surface area contributed by atoms with E-state index in [4.69, 9.17) is 0 Å². The largest absolute Gasteiger partial charge is 0.507 e. The van der Waals surface area contributed by atoms with E-state index in [-0.39, 0.29) is 11.5 Å². The summed E-state index contributed by atoms with van der Waals surface area (Å²) in [4.78, 5) is 23.7. The fraction of sp³-hybridized carbons (Fsp3) is 0.0952. The van der Waals surface area contributed by atoms with E-state index in [1.165, 1.54) is 6.92 Å². The van der Waals surface area contributed by atoms with Crippen molar-refractivity contribution in [2.45, 2.75) is 13.5 Å². The number of benzene rings is 1. The van der Waals surface area contributed by atoms with Gasteiger partial charge in [0, 0.05) is 30.5 Å². The molecule has 3 aromatic heterocycles. The number of anilines is 1. The first-order valence-corrected chi connectivity index (χ1v) is 8.57. The van der Waals surface area contributed by atoms with Crippen LogP contribution in [0.4, 0.5) is 5.82 Å². The van der Waals surface area contributed by atoms with Crippen molar-refractivity contribution in [2.75, 3.05) is 5.32 Å². The number of hydrogen-bond acceptors (Lipinski definition) is 5. The highest BCUT2D eigenvalue weighted by Gasteiger charge is 2.13. The summed E-state index contributed by atoms with van der Waals surface area (Å²) in [6, 6.07) is 12.8. The van der Waals surface area contributed by atoms with Crippen LogP contribution < -0.4 is 5.32 Å². The minimum Gasteiger partial charge on any atom is -0.507 e. The van der Waals surface area contributed by atoms with Gasteiger partial charge in [0.25, 0.3) is 0 Å². The van der Waals surface area contributed by atoms with Crippen LogP contribution in [0.15, 0.2) is 61.1 Å². The number of aromatic nitrogens is 3. The van der Waals surface area contributed by atoms with E-state index in [0.717, 1.165) is 27.7 Å². The number of aromatic amines is 1. The zero-order chi connectivity index (χ0) is 18.8. The molecule has 0 saturated heterocycles. The Bertz CT molecular complexity index is 1120. The molecule has 3 heterocycles. The molecule has 0 fully saturated rings. The Hall–Kier alpha value is -3.67. The molecule has 0 radical (unpaired) electrons. The second kappa shape index (κ2) is 6.92. The lowest BCUT2D eigenvalue weighted by atomic mass is 9.99. The third kappa shape index (κ3) is 3.37. The van der Waals surface area contributed by atoms with Crippen molar-refractivity contribution < 1.29 is 9.90 Å². The average Bonchev–Trinajstić information content (AvgIpc) is 3.15. The van der Waals surface area contributed by atoms with E-state index in [2.05, 4.69) is 20.3 Å². The van der Waals surface area contributed by atoms with Gasteiger partial charge in [0.2, 0.25) is 0 Å². The highest BCUT2D eigenvalue weighted by molar-refractivity contribution is 6.00. The second-order valence-corrected chi connectivity index (χ2v) is 6.30. The van der Waals surface area contributed by atoms with Crippen molar-refractivity contribution in [3.63, 3.8) is 0 Å². The Morgan fingerprint density at radius 2 is 2.11 bits per heavy atom. The SMILES string of the molecule is CC(=O)c1cc(-c2cc(NCc3cccnc3)nc3[nH]ccc23)ccc1O. The van der Waals surface area contributed by atoms with Crippen LogP contribution in [-0.4, -0.2) is 25.8 Å². The lowest BCUT2D eigenvalue weighted by Gasteiger charge is -2.11. The first-order chi connectivity index (χ1) is 13.1. The normalized spacial score (nSPS) is 10.9. The molecule has 0 aliphatic rings. The summed E-state index contributed by atoms with van der Waals surface area (Å²) >= 11 is 0. The number of rotatable bonds is 5. The van der Waals surface area contributed by atoms with Crippen LogP contribution >= 0.6 is 0 Å². The van der Waals surface area contributed by atoms with Crippen LogP contribution in [0, 0.1) is 0 Å². The zero-order valence-corrected chi connectivity index (χ0v) is 14.7. The van der Waals surface area contributed by atoms with E-state index in [1.807, 2.05) is 30.5 Å². The first-order valence-electron chi connectivity index (χ1n) is 8.57. The molecule has 134 valence electrons. The third-order valence-corrected chi connectivity index (χ3v) is 4.41. The van der Waals surface area contributed by atoms with Gasteiger partial charge in [-0.15, -0.1) is 0 Å². The predicted molar refractivity (Wildman–Crippen MR) is 105 cm³/mol. The van der Waals surface area contributed by atoms with Crippen molar-refractivity contribution in [1.29, 1.82) is 0 Å². The topological polar surface area (TPSA) is 90.9 Å². The maximum atomic E-state index is 11.8. The molecule has 6 heteroatoms. The number of carbonyl (C=O) groups is 1. The first kappa shape index (κ1) is 16.8. The molecular weight excluding hydrogens is 340 g/mol. The van der Waals surface area contributed by atoms with Gasteiger partial charge in [0.05, 0.1) is 5.56 Å². The molecule has 0 bridgehead atoms. The Morgan fingerprint density at radius 1 is 1.22 bits per heavy atom. The summed E-state index contributed by atoms with van der Waals surface area (Å²) in [6.45, 7) is 2.04. The third-order valence-electron chi connectivity index (χ3n) is 4.41. The predicted octanol–water partition coefficient (Wildman–Crippen LogP) is 4.15. The zero-order valence-electron chi connectivity index (χ0n) is 14.7. The molecule has 4 aromatic rings. The number of aromatic hydroxyl groups is 1. The summed E-state index contributed by atoms with van der Waals surface area (Å²) in [5.74, 6) is 0.519. The quantitative estimate of drug-likeness (QED) is 0.466. The minimum absolute atomic E-state index is 0.0134. The van der Waals surface area contributed by atoms with E-state index in [0.29, 0.717) is 17.9 Å². The van der Waals surface area contributed by atoms with Gasteiger partial charge in [-0.2, -0.15) is 0 Å². The fourth-order valence-electron chi connectivity index (χ4n) is 3.05. The van der Waals surface area contributed by atoms with Crippen molar-refractivity contribution >= 4 is 22.6 Å². The number of carbonyl (C=O) groups excluding carboxylic acids is 1. The molecule has 27 heavy (non-hydrogen) atoms. The van der Waals surface area contributed by atoms with Crippen LogP contribution in [0.1, 0.15) is 22.8 Å². The van der Waals surface area contributed by atoms with Gasteiger partial charge in [0.1, 0.15) is 17.2 Å². The number of phenols is 1. The molecule has 6 nitrogen and oxygen atoms in total. The molecular formula is C21H18N4O2. The van der Waals surface area contributed by atoms with Crippen molar-refractivity contribution in [3.8, 4) is 16.9 Å². The smallest absolute Gasteiger partial charge is 0.163 e. The van der Waals surface area contributed by atoms with E-state index < -0.39 is 0 Å². The number of nitrogens with zero attached hydrogens (tertiary/aromatic N) is 2. The monoisotopic (exact) mass is 358 g/mol. The van der Waals surface area contributed by atoms with Gasteiger partial charge in [-0.1, -0.05) is 12.1 Å². The number of Topliss-reactive ketones (excluding diaryl/α,β-unsaturated/α-hetero) is 1. The number of hydrogen-bond donors (Lipinski definition) is 3. The van der Waals surface area contributed by atoms with E-state index in [9.17, 15) is 9.90 Å². The summed E-state index contributed by atoms with van der Waals surface area (Å²) < 4.78 is 0. The van der Waals surface area contributed by atoms with Crippen molar-refractivity contribution in [3.05, 3.63) is 72.2 Å². The van der Waals surface area contributed by atoms with Crippen LogP contribution in [0.3, 0.4) is 0 Å². The Kier molecular flexibility index (Phi) is 4.30. The molecule has 0 unspecified atom stereocenters. The lowest BCUT2D eigenvalue weighted by molar-refractivity contribution is 0.101. The molecule has 0 aliphatic carbocycles. The van der Waals surface area contributed by atoms with Gasteiger partial charge in [-0.05, 0) is 53.9 Å². The number of ketones is 1. The number of phenolic OH excluding ortho intramolecular Hbond substituents is 1. The Morgan fingerprint density at radius 3 is 2.89 bits per heavy atom. The molecule has 1 aromatic carbocycles. The number of fused-ring (bicyclic) bond motifs is 1. The maximum Gasteiger partial charge on any atom is 0.163 e. The van der Waals surface area contributed by atoms with Gasteiger partial charge in [-0.25, -0.2) is 4.98 Å². The average molecular weight is 358 g/mol. The van der Waals surface area contributed by atoms with Gasteiger partial charge in [-0.3, -0.25) is 9.78 Å². The second-order valence-electron chi connectivity index (χ2n) is 6.30. The summed E-state index contributed by atoms with van der Waals surface area (Å²) in [5, 5.41) is 14.2. The van der Waals surface area contributed by atoms with Gasteiger partial charge in [0.15, 0.2) is 5.78 Å². The molecule has 0 atom stereocenters. The fourth-order valence-corrected chi connectivity index (χ4v) is 3.05. The van der Waals surface area contributed by atoms with Crippen LogP contribution in [-0.2, 0) is 6.54 Å². The standard InChI is InChI=1S/C21H18N4O2/c1-13(26)17-9-15(4-5-19(17)27)18-10-20(25-21-16(18)6-8-23-21)24-12-14-3-2-7-22-11-14/h2-11,27H,12H2,1H3,(H2,23,24,25). The molecule has 3 N–H and O–H groups in total. The summed E-state index contributed by atoms with van der Waals surface area (Å²) in [6.07, 6.45) is 5.38. The van der Waals surface area contributed by atoms with Crippen LogP contribution in [0.25, 0.3) is 22.2 Å². The van der Waals surface area contributed by atoms with Crippen molar-refractivity contribution in [1.82, 2.24) is 15.0 Å². The van der Waals surface area contributed by atoms with Crippen LogP contribution in [0.5, 0.6) is 5.75 Å². The lowest BCUT2D eigenvalue weighted by Crippen LogP contribution is -2.02. The number of nitrogens with one attached hydrogen (secondary N) is 2. The Balaban J connectivity index is 1.75. The molecule has 0 amide bonds. The molecule has 0 saturated carbocycles. The highest BCUT2D eigenvalue weighted by atomic mass is 16.3. The molecule has 0 spiro atoms. The van der Waals surface area contributed by atoms with Crippen LogP contribution in [0.2, 0.25) is 0 Å².